The van der Waals surface area contributed by atoms with Crippen LogP contribution in [0.5, 0.6) is 0 Å². The number of hydrogen-bond donors (Lipinski definition) is 1. The summed E-state index contributed by atoms with van der Waals surface area (Å²) in [5.74, 6) is 0.190. The van der Waals surface area contributed by atoms with E-state index in [1.165, 1.54) is 0 Å². The summed E-state index contributed by atoms with van der Waals surface area (Å²) < 4.78 is 0. The second kappa shape index (κ2) is 6.88. The van der Waals surface area contributed by atoms with Crippen molar-refractivity contribution in [3.8, 4) is 0 Å². The lowest BCUT2D eigenvalue weighted by Gasteiger charge is -2.34. The summed E-state index contributed by atoms with van der Waals surface area (Å²) in [7, 11) is 3.59. The van der Waals surface area contributed by atoms with Gasteiger partial charge in [-0.25, -0.2) is 0 Å². The van der Waals surface area contributed by atoms with Crippen LogP contribution in [0.1, 0.15) is 6.42 Å². The fourth-order valence-electron chi connectivity index (χ4n) is 1.87. The van der Waals surface area contributed by atoms with Crippen LogP contribution in [0.25, 0.3) is 0 Å². The minimum Gasteiger partial charge on any atom is -0.392 e. The summed E-state index contributed by atoms with van der Waals surface area (Å²) >= 11 is 4.89. The molecule has 98 valence electrons. The van der Waals surface area contributed by atoms with Crippen LogP contribution in [-0.2, 0) is 4.79 Å². The predicted octanol–water partition coefficient (Wildman–Crippen LogP) is -0.632. The van der Waals surface area contributed by atoms with Gasteiger partial charge in [-0.15, -0.1) is 0 Å². The normalized spacial score (nSPS) is 18.0. The molecule has 0 spiro atoms. The first-order chi connectivity index (χ1) is 7.99. The van der Waals surface area contributed by atoms with Crippen molar-refractivity contribution in [1.82, 2.24) is 14.7 Å². The lowest BCUT2D eigenvalue weighted by molar-refractivity contribution is -0.129. The summed E-state index contributed by atoms with van der Waals surface area (Å²) in [6, 6.07) is 0. The number of amides is 1. The summed E-state index contributed by atoms with van der Waals surface area (Å²) in [6.45, 7) is 5.49. The molecule has 0 radical (unpaired) electrons. The highest BCUT2D eigenvalue weighted by atomic mass is 32.1. The number of piperazine rings is 1. The Morgan fingerprint density at radius 2 is 1.76 bits per heavy atom. The van der Waals surface area contributed by atoms with Gasteiger partial charge in [-0.1, -0.05) is 12.2 Å². The molecule has 1 rings (SSSR count). The average Bonchev–Trinajstić information content (AvgIpc) is 2.26. The largest absolute Gasteiger partial charge is 0.392 e. The second-order valence-electron chi connectivity index (χ2n) is 4.62. The molecule has 0 aliphatic carbocycles. The number of rotatable bonds is 5. The van der Waals surface area contributed by atoms with E-state index in [-0.39, 0.29) is 5.91 Å². The Labute approximate surface area is 109 Å². The zero-order valence-electron chi connectivity index (χ0n) is 10.7. The Balaban J connectivity index is 2.19. The lowest BCUT2D eigenvalue weighted by atomic mass is 10.2. The summed E-state index contributed by atoms with van der Waals surface area (Å²) in [4.78, 5) is 18.2. The van der Waals surface area contributed by atoms with Crippen LogP contribution in [0.3, 0.4) is 0 Å². The maximum absolute atomic E-state index is 11.5. The molecule has 1 amide bonds. The molecule has 1 heterocycles. The van der Waals surface area contributed by atoms with E-state index >= 15 is 0 Å². The third kappa shape index (κ3) is 5.43. The zero-order valence-corrected chi connectivity index (χ0v) is 11.5. The molecular formula is C11H22N4OS. The van der Waals surface area contributed by atoms with Gasteiger partial charge in [0.1, 0.15) is 0 Å². The standard InChI is InChI=1S/C11H22N4OS/c1-13(2)11(16)3-4-14-5-7-15(8-6-14)9-10(12)17/h3-9H2,1-2H3,(H2,12,17). The van der Waals surface area contributed by atoms with Gasteiger partial charge in [-0.05, 0) is 0 Å². The Bertz CT molecular complexity index is 275. The van der Waals surface area contributed by atoms with Gasteiger partial charge in [-0.3, -0.25) is 9.69 Å². The Morgan fingerprint density at radius 1 is 1.24 bits per heavy atom. The van der Waals surface area contributed by atoms with Crippen molar-refractivity contribution in [2.75, 3.05) is 53.4 Å². The molecule has 6 heteroatoms. The molecular weight excluding hydrogens is 236 g/mol. The van der Waals surface area contributed by atoms with Crippen LogP contribution in [0.4, 0.5) is 0 Å². The lowest BCUT2D eigenvalue weighted by Crippen LogP contribution is -2.49. The number of nitrogens with zero attached hydrogens (tertiary/aromatic N) is 3. The first-order valence-corrected chi connectivity index (χ1v) is 6.33. The predicted molar refractivity (Wildman–Crippen MR) is 73.0 cm³/mol. The van der Waals surface area contributed by atoms with E-state index in [4.69, 9.17) is 18.0 Å². The molecule has 0 bridgehead atoms. The van der Waals surface area contributed by atoms with Crippen LogP contribution in [0.2, 0.25) is 0 Å². The highest BCUT2D eigenvalue weighted by Crippen LogP contribution is 2.02. The molecule has 0 aromatic carbocycles. The molecule has 1 aliphatic heterocycles. The number of hydrogen-bond acceptors (Lipinski definition) is 4. The van der Waals surface area contributed by atoms with E-state index in [2.05, 4.69) is 9.80 Å². The molecule has 0 aromatic rings. The summed E-state index contributed by atoms with van der Waals surface area (Å²) in [5, 5.41) is 0. The van der Waals surface area contributed by atoms with Crippen molar-refractivity contribution in [3.63, 3.8) is 0 Å². The molecule has 0 aromatic heterocycles. The number of nitrogens with two attached hydrogens (primary N) is 1. The fraction of sp³-hybridized carbons (Fsp3) is 0.818. The topological polar surface area (TPSA) is 52.8 Å². The van der Waals surface area contributed by atoms with E-state index < -0.39 is 0 Å². The highest BCUT2D eigenvalue weighted by molar-refractivity contribution is 7.80. The summed E-state index contributed by atoms with van der Waals surface area (Å²) in [6.07, 6.45) is 0.600. The van der Waals surface area contributed by atoms with Gasteiger partial charge in [0.2, 0.25) is 5.91 Å². The van der Waals surface area contributed by atoms with Crippen LogP contribution in [-0.4, -0.2) is 79.0 Å². The fourth-order valence-corrected chi connectivity index (χ4v) is 2.05. The smallest absolute Gasteiger partial charge is 0.223 e. The van der Waals surface area contributed by atoms with Crippen molar-refractivity contribution in [2.45, 2.75) is 6.42 Å². The molecule has 0 atom stereocenters. The Kier molecular flexibility index (Phi) is 5.80. The average molecular weight is 258 g/mol. The molecule has 2 N–H and O–H groups in total. The minimum atomic E-state index is 0.190. The maximum Gasteiger partial charge on any atom is 0.223 e. The first kappa shape index (κ1) is 14.3. The van der Waals surface area contributed by atoms with Gasteiger partial charge in [-0.2, -0.15) is 0 Å². The minimum absolute atomic E-state index is 0.190. The molecule has 17 heavy (non-hydrogen) atoms. The van der Waals surface area contributed by atoms with Gasteiger partial charge >= 0.3 is 0 Å². The van der Waals surface area contributed by atoms with Crippen molar-refractivity contribution in [1.29, 1.82) is 0 Å². The molecule has 0 saturated carbocycles. The van der Waals surface area contributed by atoms with E-state index in [9.17, 15) is 4.79 Å². The van der Waals surface area contributed by atoms with E-state index in [1.54, 1.807) is 19.0 Å². The molecule has 1 aliphatic rings. The van der Waals surface area contributed by atoms with Gasteiger partial charge in [0.05, 0.1) is 4.99 Å². The highest BCUT2D eigenvalue weighted by Gasteiger charge is 2.17. The molecule has 0 unspecified atom stereocenters. The Hall–Kier alpha value is -0.720. The maximum atomic E-state index is 11.5. The second-order valence-corrected chi connectivity index (χ2v) is 5.15. The molecule has 5 nitrogen and oxygen atoms in total. The SMILES string of the molecule is CN(C)C(=O)CCN1CCN(CC(N)=S)CC1. The van der Waals surface area contributed by atoms with Crippen molar-refractivity contribution < 1.29 is 4.79 Å². The van der Waals surface area contributed by atoms with E-state index in [0.717, 1.165) is 32.7 Å². The van der Waals surface area contributed by atoms with E-state index in [1.807, 2.05) is 0 Å². The quantitative estimate of drug-likeness (QED) is 0.665. The number of thiocarbonyl (C=S) groups is 1. The van der Waals surface area contributed by atoms with Crippen molar-refractivity contribution in [2.24, 2.45) is 5.73 Å². The van der Waals surface area contributed by atoms with Gasteiger partial charge in [0.25, 0.3) is 0 Å². The third-order valence-corrected chi connectivity index (χ3v) is 3.11. The van der Waals surface area contributed by atoms with Gasteiger partial charge in [0.15, 0.2) is 0 Å². The Morgan fingerprint density at radius 3 is 2.24 bits per heavy atom. The zero-order chi connectivity index (χ0) is 12.8. The van der Waals surface area contributed by atoms with Crippen LogP contribution < -0.4 is 5.73 Å². The third-order valence-electron chi connectivity index (χ3n) is 2.99. The summed E-state index contributed by atoms with van der Waals surface area (Å²) in [5.41, 5.74) is 5.52. The van der Waals surface area contributed by atoms with E-state index in [0.29, 0.717) is 18.0 Å². The number of carbonyl (C=O) groups is 1. The molecule has 1 saturated heterocycles. The number of carbonyl (C=O) groups excluding carboxylic acids is 1. The van der Waals surface area contributed by atoms with Crippen LogP contribution >= 0.6 is 12.2 Å². The monoisotopic (exact) mass is 258 g/mol. The van der Waals surface area contributed by atoms with Crippen LogP contribution in [0, 0.1) is 0 Å². The van der Waals surface area contributed by atoms with Crippen LogP contribution in [0.15, 0.2) is 0 Å². The molecule has 1 fully saturated rings. The van der Waals surface area contributed by atoms with Crippen molar-refractivity contribution in [3.05, 3.63) is 0 Å². The van der Waals surface area contributed by atoms with Gasteiger partial charge < -0.3 is 15.5 Å². The van der Waals surface area contributed by atoms with Crippen molar-refractivity contribution >= 4 is 23.1 Å². The first-order valence-electron chi connectivity index (χ1n) is 5.92. The van der Waals surface area contributed by atoms with Gasteiger partial charge in [0, 0.05) is 59.8 Å².